The number of Topliss-reactive ketones (excluding diaryl/α,β-unsaturated/α-hetero) is 1. The number of esters is 1. The molecule has 0 unspecified atom stereocenters. The van der Waals surface area contributed by atoms with Gasteiger partial charge in [-0.3, -0.25) is 4.79 Å². The number of tetrazole rings is 1. The van der Waals surface area contributed by atoms with Gasteiger partial charge in [0.1, 0.15) is 12.1 Å². The van der Waals surface area contributed by atoms with E-state index in [0.717, 1.165) is 5.56 Å². The van der Waals surface area contributed by atoms with Gasteiger partial charge < -0.3 is 4.74 Å². The molecule has 3 aromatic rings. The summed E-state index contributed by atoms with van der Waals surface area (Å²) in [5, 5.41) is 10.9. The number of carbonyl (C=O) groups is 2. The minimum atomic E-state index is -1.03. The van der Waals surface area contributed by atoms with Crippen molar-refractivity contribution in [2.75, 3.05) is 0 Å². The molecule has 0 N–H and O–H groups in total. The van der Waals surface area contributed by atoms with Crippen molar-refractivity contribution < 1.29 is 18.7 Å². The second-order valence-electron chi connectivity index (χ2n) is 5.95. The molecule has 0 fully saturated rings. The zero-order valence-electron chi connectivity index (χ0n) is 14.5. The number of ether oxygens (including phenoxy) is 1. The summed E-state index contributed by atoms with van der Waals surface area (Å²) in [7, 11) is 0. The van der Waals surface area contributed by atoms with Gasteiger partial charge in [-0.1, -0.05) is 30.3 Å². The van der Waals surface area contributed by atoms with E-state index in [9.17, 15) is 14.0 Å². The van der Waals surface area contributed by atoms with Crippen molar-refractivity contribution in [3.8, 4) is 0 Å². The largest absolute Gasteiger partial charge is 0.453 e. The summed E-state index contributed by atoms with van der Waals surface area (Å²) >= 11 is 0. The maximum absolute atomic E-state index is 13.0. The summed E-state index contributed by atoms with van der Waals surface area (Å²) in [5.74, 6) is -1.49. The lowest BCUT2D eigenvalue weighted by Crippen LogP contribution is -2.31. The molecule has 2 aromatic carbocycles. The van der Waals surface area contributed by atoms with Crippen LogP contribution in [0.4, 0.5) is 4.39 Å². The van der Waals surface area contributed by atoms with E-state index in [0.29, 0.717) is 6.42 Å². The molecule has 27 heavy (non-hydrogen) atoms. The lowest BCUT2D eigenvalue weighted by atomic mass is 10.1. The van der Waals surface area contributed by atoms with Gasteiger partial charge in [0.25, 0.3) is 0 Å². The predicted molar refractivity (Wildman–Crippen MR) is 93.3 cm³/mol. The monoisotopic (exact) mass is 368 g/mol. The molecule has 2 atom stereocenters. The third kappa shape index (κ3) is 4.60. The summed E-state index contributed by atoms with van der Waals surface area (Å²) in [5.41, 5.74) is 1.16. The second-order valence-corrected chi connectivity index (χ2v) is 5.95. The number of carbonyl (C=O) groups excluding carboxylic acids is 2. The number of aromatic nitrogens is 4. The number of benzene rings is 2. The Labute approximate surface area is 154 Å². The summed E-state index contributed by atoms with van der Waals surface area (Å²) in [6, 6.07) is 13.6. The van der Waals surface area contributed by atoms with E-state index in [1.807, 2.05) is 30.3 Å². The smallest absolute Gasteiger partial charge is 0.332 e. The highest BCUT2D eigenvalue weighted by molar-refractivity contribution is 6.00. The van der Waals surface area contributed by atoms with Crippen LogP contribution in [0.15, 0.2) is 60.9 Å². The summed E-state index contributed by atoms with van der Waals surface area (Å²) in [6.45, 7) is 1.47. The van der Waals surface area contributed by atoms with Crippen LogP contribution in [0, 0.1) is 5.82 Å². The number of rotatable bonds is 7. The Morgan fingerprint density at radius 2 is 1.81 bits per heavy atom. The fourth-order valence-electron chi connectivity index (χ4n) is 2.59. The van der Waals surface area contributed by atoms with Gasteiger partial charge in [-0.25, -0.2) is 13.9 Å². The summed E-state index contributed by atoms with van der Waals surface area (Å²) < 4.78 is 19.7. The lowest BCUT2D eigenvalue weighted by molar-refractivity contribution is -0.150. The number of nitrogens with zero attached hydrogens (tertiary/aromatic N) is 4. The molecule has 7 nitrogen and oxygen atoms in total. The van der Waals surface area contributed by atoms with Crippen molar-refractivity contribution in [2.45, 2.75) is 25.5 Å². The molecule has 0 radical (unpaired) electrons. The molecule has 1 heterocycles. The standard InChI is InChI=1S/C19H17FN4O3/c1-13(18(25)15-7-9-16(20)10-8-15)27-19(26)17(24-12-21-22-23-24)11-14-5-3-2-4-6-14/h2-10,12-13,17H,11H2,1H3/t13-,17-/m0/s1. The minimum absolute atomic E-state index is 0.263. The maximum atomic E-state index is 13.0. The van der Waals surface area contributed by atoms with Gasteiger partial charge in [0.2, 0.25) is 5.78 Å². The third-order valence-electron chi connectivity index (χ3n) is 4.02. The van der Waals surface area contributed by atoms with Crippen molar-refractivity contribution in [1.29, 1.82) is 0 Å². The van der Waals surface area contributed by atoms with Crippen LogP contribution in [0.25, 0.3) is 0 Å². The van der Waals surface area contributed by atoms with Crippen molar-refractivity contribution in [3.05, 3.63) is 77.9 Å². The van der Waals surface area contributed by atoms with Crippen LogP contribution in [-0.2, 0) is 16.0 Å². The van der Waals surface area contributed by atoms with Gasteiger partial charge in [0.05, 0.1) is 0 Å². The van der Waals surface area contributed by atoms with E-state index < -0.39 is 29.7 Å². The molecule has 0 aliphatic carbocycles. The first-order chi connectivity index (χ1) is 13.0. The van der Waals surface area contributed by atoms with E-state index in [1.165, 1.54) is 42.2 Å². The van der Waals surface area contributed by atoms with Crippen molar-refractivity contribution in [1.82, 2.24) is 20.2 Å². The van der Waals surface area contributed by atoms with Crippen LogP contribution in [0.2, 0.25) is 0 Å². The molecule has 0 aliphatic heterocycles. The SMILES string of the molecule is C[C@H](OC(=O)[C@H](Cc1ccccc1)n1cnnn1)C(=O)c1ccc(F)cc1. The summed E-state index contributed by atoms with van der Waals surface area (Å²) in [4.78, 5) is 25.1. The van der Waals surface area contributed by atoms with Crippen LogP contribution >= 0.6 is 0 Å². The topological polar surface area (TPSA) is 87.0 Å². The molecular formula is C19H17FN4O3. The lowest BCUT2D eigenvalue weighted by Gasteiger charge is -2.18. The highest BCUT2D eigenvalue weighted by Gasteiger charge is 2.28. The molecule has 3 rings (SSSR count). The summed E-state index contributed by atoms with van der Waals surface area (Å²) in [6.07, 6.45) is 0.599. The Balaban J connectivity index is 1.74. The number of hydrogen-bond donors (Lipinski definition) is 0. The zero-order chi connectivity index (χ0) is 19.2. The first-order valence-electron chi connectivity index (χ1n) is 8.31. The normalized spacial score (nSPS) is 13.0. The zero-order valence-corrected chi connectivity index (χ0v) is 14.5. The van der Waals surface area contributed by atoms with E-state index in [4.69, 9.17) is 4.74 Å². The van der Waals surface area contributed by atoms with E-state index in [2.05, 4.69) is 15.5 Å². The highest BCUT2D eigenvalue weighted by Crippen LogP contribution is 2.17. The molecule has 1 aromatic heterocycles. The molecule has 8 heteroatoms. The average molecular weight is 368 g/mol. The predicted octanol–water partition coefficient (Wildman–Crippen LogP) is 2.41. The van der Waals surface area contributed by atoms with Gasteiger partial charge in [-0.05, 0) is 47.2 Å². The van der Waals surface area contributed by atoms with Crippen molar-refractivity contribution >= 4 is 11.8 Å². The Bertz CT molecular complexity index is 898. The van der Waals surface area contributed by atoms with Gasteiger partial charge >= 0.3 is 5.97 Å². The Hall–Kier alpha value is -3.42. The Kier molecular flexibility index (Phi) is 5.65. The number of ketones is 1. The molecule has 0 spiro atoms. The second kappa shape index (κ2) is 8.31. The van der Waals surface area contributed by atoms with Crippen LogP contribution in [0.5, 0.6) is 0 Å². The molecule has 0 saturated carbocycles. The third-order valence-corrected chi connectivity index (χ3v) is 4.02. The molecule has 0 bridgehead atoms. The van der Waals surface area contributed by atoms with Gasteiger partial charge in [-0.15, -0.1) is 5.10 Å². The Morgan fingerprint density at radius 3 is 2.44 bits per heavy atom. The minimum Gasteiger partial charge on any atom is -0.453 e. The highest BCUT2D eigenvalue weighted by atomic mass is 19.1. The van der Waals surface area contributed by atoms with E-state index in [-0.39, 0.29) is 5.56 Å². The first-order valence-corrected chi connectivity index (χ1v) is 8.31. The Morgan fingerprint density at radius 1 is 1.11 bits per heavy atom. The first kappa shape index (κ1) is 18.4. The van der Waals surface area contributed by atoms with E-state index in [1.54, 1.807) is 0 Å². The van der Waals surface area contributed by atoms with Crippen molar-refractivity contribution in [3.63, 3.8) is 0 Å². The fourth-order valence-corrected chi connectivity index (χ4v) is 2.59. The number of hydrogen-bond acceptors (Lipinski definition) is 6. The molecular weight excluding hydrogens is 351 g/mol. The number of halogens is 1. The molecule has 0 saturated heterocycles. The van der Waals surface area contributed by atoms with Gasteiger partial charge in [0, 0.05) is 12.0 Å². The average Bonchev–Trinajstić information content (AvgIpc) is 3.21. The van der Waals surface area contributed by atoms with Crippen LogP contribution in [-0.4, -0.2) is 38.1 Å². The van der Waals surface area contributed by atoms with Crippen LogP contribution in [0.3, 0.4) is 0 Å². The van der Waals surface area contributed by atoms with Gasteiger partial charge in [-0.2, -0.15) is 0 Å². The fraction of sp³-hybridized carbons (Fsp3) is 0.211. The maximum Gasteiger partial charge on any atom is 0.332 e. The quantitative estimate of drug-likeness (QED) is 0.470. The van der Waals surface area contributed by atoms with E-state index >= 15 is 0 Å². The molecule has 138 valence electrons. The van der Waals surface area contributed by atoms with Crippen LogP contribution < -0.4 is 0 Å². The molecule has 0 aliphatic rings. The van der Waals surface area contributed by atoms with Gasteiger partial charge in [0.15, 0.2) is 12.1 Å². The van der Waals surface area contributed by atoms with Crippen LogP contribution in [0.1, 0.15) is 28.9 Å². The molecule has 0 amide bonds. The van der Waals surface area contributed by atoms with Crippen molar-refractivity contribution in [2.24, 2.45) is 0 Å².